The summed E-state index contributed by atoms with van der Waals surface area (Å²) in [5.41, 5.74) is 2.64. The van der Waals surface area contributed by atoms with E-state index in [0.717, 1.165) is 4.47 Å². The summed E-state index contributed by atoms with van der Waals surface area (Å²) in [5, 5.41) is 2.82. The van der Waals surface area contributed by atoms with E-state index in [1.807, 2.05) is 12.1 Å². The number of carbonyl (C=O) groups excluding carboxylic acids is 2. The van der Waals surface area contributed by atoms with Gasteiger partial charge in [-0.15, -0.1) is 0 Å². The van der Waals surface area contributed by atoms with Crippen molar-refractivity contribution in [3.05, 3.63) is 64.0 Å². The first-order valence-electron chi connectivity index (χ1n) is 8.12. The number of ether oxygens (including phenoxy) is 1. The van der Waals surface area contributed by atoms with Gasteiger partial charge in [0.25, 0.3) is 5.91 Å². The van der Waals surface area contributed by atoms with E-state index in [2.05, 4.69) is 26.2 Å². The zero-order chi connectivity index (χ0) is 18.8. The standard InChI is InChI=1S/C19H18BrN3O3/c1-11(2)26-19(25)13-5-4-6-15(9-13)22-18(24)17-12(3)21-16-8-7-14(20)10-23(16)17/h4-11H,1-3H3,(H,22,24). The molecule has 2 heterocycles. The molecule has 0 fully saturated rings. The summed E-state index contributed by atoms with van der Waals surface area (Å²) < 4.78 is 7.76. The van der Waals surface area contributed by atoms with Gasteiger partial charge in [-0.25, -0.2) is 9.78 Å². The number of anilines is 1. The van der Waals surface area contributed by atoms with Crippen molar-refractivity contribution in [1.82, 2.24) is 9.38 Å². The van der Waals surface area contributed by atoms with Gasteiger partial charge in [0, 0.05) is 16.4 Å². The van der Waals surface area contributed by atoms with Crippen molar-refractivity contribution in [2.24, 2.45) is 0 Å². The predicted octanol–water partition coefficient (Wildman–Crippen LogP) is 4.22. The van der Waals surface area contributed by atoms with Gasteiger partial charge in [0.15, 0.2) is 0 Å². The van der Waals surface area contributed by atoms with Crippen LogP contribution in [0.15, 0.2) is 47.1 Å². The number of aromatic nitrogens is 2. The average Bonchev–Trinajstić information content (AvgIpc) is 2.89. The first-order valence-corrected chi connectivity index (χ1v) is 8.91. The van der Waals surface area contributed by atoms with Crippen molar-refractivity contribution in [1.29, 1.82) is 0 Å². The summed E-state index contributed by atoms with van der Waals surface area (Å²) in [4.78, 5) is 29.2. The molecule has 0 unspecified atom stereocenters. The topological polar surface area (TPSA) is 72.7 Å². The second-order valence-electron chi connectivity index (χ2n) is 6.11. The van der Waals surface area contributed by atoms with E-state index in [1.165, 1.54) is 0 Å². The zero-order valence-corrected chi connectivity index (χ0v) is 16.2. The molecule has 0 aliphatic rings. The SMILES string of the molecule is Cc1nc2ccc(Br)cn2c1C(=O)Nc1cccc(C(=O)OC(C)C)c1. The number of halogens is 1. The molecule has 1 N–H and O–H groups in total. The number of carbonyl (C=O) groups is 2. The van der Waals surface area contributed by atoms with Crippen molar-refractivity contribution in [3.8, 4) is 0 Å². The van der Waals surface area contributed by atoms with Crippen LogP contribution in [0.4, 0.5) is 5.69 Å². The lowest BCUT2D eigenvalue weighted by molar-refractivity contribution is 0.0378. The monoisotopic (exact) mass is 415 g/mol. The van der Waals surface area contributed by atoms with E-state index < -0.39 is 5.97 Å². The molecule has 0 saturated heterocycles. The van der Waals surface area contributed by atoms with E-state index in [4.69, 9.17) is 4.74 Å². The summed E-state index contributed by atoms with van der Waals surface area (Å²) in [6.07, 6.45) is 1.58. The highest BCUT2D eigenvalue weighted by Gasteiger charge is 2.18. The van der Waals surface area contributed by atoms with E-state index >= 15 is 0 Å². The lowest BCUT2D eigenvalue weighted by Gasteiger charge is -2.10. The van der Waals surface area contributed by atoms with Crippen LogP contribution in [0.2, 0.25) is 0 Å². The van der Waals surface area contributed by atoms with Gasteiger partial charge in [-0.3, -0.25) is 9.20 Å². The van der Waals surface area contributed by atoms with Crippen LogP contribution < -0.4 is 5.32 Å². The molecule has 26 heavy (non-hydrogen) atoms. The summed E-state index contributed by atoms with van der Waals surface area (Å²) >= 11 is 3.41. The number of amides is 1. The number of hydrogen-bond donors (Lipinski definition) is 1. The number of esters is 1. The molecule has 0 aliphatic carbocycles. The van der Waals surface area contributed by atoms with Gasteiger partial charge in [0.1, 0.15) is 11.3 Å². The lowest BCUT2D eigenvalue weighted by atomic mass is 10.2. The molecule has 3 rings (SSSR count). The Labute approximate surface area is 159 Å². The molecule has 1 aromatic carbocycles. The first kappa shape index (κ1) is 18.1. The van der Waals surface area contributed by atoms with Gasteiger partial charge in [-0.2, -0.15) is 0 Å². The van der Waals surface area contributed by atoms with E-state index in [9.17, 15) is 9.59 Å². The van der Waals surface area contributed by atoms with Gasteiger partial charge in [0.05, 0.1) is 17.4 Å². The van der Waals surface area contributed by atoms with Crippen LogP contribution in [0.5, 0.6) is 0 Å². The van der Waals surface area contributed by atoms with Crippen LogP contribution in [0, 0.1) is 6.92 Å². The molecule has 6 nitrogen and oxygen atoms in total. The lowest BCUT2D eigenvalue weighted by Crippen LogP contribution is -2.16. The maximum absolute atomic E-state index is 12.8. The van der Waals surface area contributed by atoms with E-state index in [0.29, 0.717) is 28.3 Å². The number of pyridine rings is 1. The summed E-state index contributed by atoms with van der Waals surface area (Å²) in [6.45, 7) is 5.36. The van der Waals surface area contributed by atoms with Crippen LogP contribution in [0.25, 0.3) is 5.65 Å². The molecule has 0 saturated carbocycles. The van der Waals surface area contributed by atoms with Crippen molar-refractivity contribution < 1.29 is 14.3 Å². The Morgan fingerprint density at radius 1 is 1.23 bits per heavy atom. The molecule has 0 spiro atoms. The molecule has 0 radical (unpaired) electrons. The van der Waals surface area contributed by atoms with Crippen LogP contribution in [-0.4, -0.2) is 27.4 Å². The fraction of sp³-hybridized carbons (Fsp3) is 0.211. The molecule has 0 bridgehead atoms. The smallest absolute Gasteiger partial charge is 0.338 e. The molecule has 0 atom stereocenters. The Morgan fingerprint density at radius 3 is 2.73 bits per heavy atom. The number of rotatable bonds is 4. The molecular weight excluding hydrogens is 398 g/mol. The Hall–Kier alpha value is -2.67. The van der Waals surface area contributed by atoms with Crippen LogP contribution >= 0.6 is 15.9 Å². The van der Waals surface area contributed by atoms with Crippen LogP contribution in [0.3, 0.4) is 0 Å². The van der Waals surface area contributed by atoms with E-state index in [-0.39, 0.29) is 12.0 Å². The highest BCUT2D eigenvalue weighted by Crippen LogP contribution is 2.19. The highest BCUT2D eigenvalue weighted by molar-refractivity contribution is 9.10. The normalized spacial score (nSPS) is 11.0. The average molecular weight is 416 g/mol. The minimum atomic E-state index is -0.425. The molecule has 0 aliphatic heterocycles. The van der Waals surface area contributed by atoms with Gasteiger partial charge in [-0.1, -0.05) is 6.07 Å². The fourth-order valence-corrected chi connectivity index (χ4v) is 2.94. The number of fused-ring (bicyclic) bond motifs is 1. The number of hydrogen-bond acceptors (Lipinski definition) is 4. The van der Waals surface area contributed by atoms with Crippen molar-refractivity contribution in [3.63, 3.8) is 0 Å². The van der Waals surface area contributed by atoms with Crippen LogP contribution in [0.1, 0.15) is 40.4 Å². The molecular formula is C19H18BrN3O3. The fourth-order valence-electron chi connectivity index (χ4n) is 2.61. The third-order valence-electron chi connectivity index (χ3n) is 3.67. The molecule has 1 amide bonds. The third kappa shape index (κ3) is 3.77. The highest BCUT2D eigenvalue weighted by atomic mass is 79.9. The largest absolute Gasteiger partial charge is 0.459 e. The summed E-state index contributed by atoms with van der Waals surface area (Å²) in [6, 6.07) is 10.4. The molecule has 2 aromatic heterocycles. The molecule has 134 valence electrons. The van der Waals surface area contributed by atoms with Crippen molar-refractivity contribution >= 4 is 39.1 Å². The second-order valence-corrected chi connectivity index (χ2v) is 7.03. The third-order valence-corrected chi connectivity index (χ3v) is 4.14. The predicted molar refractivity (Wildman–Crippen MR) is 103 cm³/mol. The quantitative estimate of drug-likeness (QED) is 0.647. The number of benzene rings is 1. The minimum Gasteiger partial charge on any atom is -0.459 e. The number of nitrogens with one attached hydrogen (secondary N) is 1. The Bertz CT molecular complexity index is 995. The van der Waals surface area contributed by atoms with Gasteiger partial charge < -0.3 is 10.1 Å². The first-order chi connectivity index (χ1) is 12.3. The zero-order valence-electron chi connectivity index (χ0n) is 14.6. The van der Waals surface area contributed by atoms with Gasteiger partial charge in [0.2, 0.25) is 0 Å². The second kappa shape index (κ2) is 7.29. The molecule has 3 aromatic rings. The number of aryl methyl sites for hydroxylation is 1. The molecule has 7 heteroatoms. The Morgan fingerprint density at radius 2 is 2.00 bits per heavy atom. The Kier molecular flexibility index (Phi) is 5.08. The van der Waals surface area contributed by atoms with E-state index in [1.54, 1.807) is 55.6 Å². The number of nitrogens with zero attached hydrogens (tertiary/aromatic N) is 2. The van der Waals surface area contributed by atoms with Gasteiger partial charge in [-0.05, 0) is 67.0 Å². The Balaban J connectivity index is 1.88. The van der Waals surface area contributed by atoms with Gasteiger partial charge >= 0.3 is 5.97 Å². The summed E-state index contributed by atoms with van der Waals surface area (Å²) in [7, 11) is 0. The summed E-state index contributed by atoms with van der Waals surface area (Å²) in [5.74, 6) is -0.728. The minimum absolute atomic E-state index is 0.208. The number of imidazole rings is 1. The van der Waals surface area contributed by atoms with Crippen molar-refractivity contribution in [2.45, 2.75) is 26.9 Å². The maximum atomic E-state index is 12.8. The van der Waals surface area contributed by atoms with Crippen LogP contribution in [-0.2, 0) is 4.74 Å². The maximum Gasteiger partial charge on any atom is 0.338 e. The van der Waals surface area contributed by atoms with Crippen molar-refractivity contribution in [2.75, 3.05) is 5.32 Å².